The van der Waals surface area contributed by atoms with E-state index in [1.165, 1.54) is 0 Å². The largest absolute Gasteiger partial charge is 0.304 e. The summed E-state index contributed by atoms with van der Waals surface area (Å²) in [6, 6.07) is 15.4. The Balaban J connectivity index is 1.72. The number of hydrogen-bond donors (Lipinski definition) is 0. The molecule has 5 heteroatoms. The van der Waals surface area contributed by atoms with Crippen molar-refractivity contribution >= 4 is 45.1 Å². The molecule has 0 saturated carbocycles. The highest BCUT2D eigenvalue weighted by Crippen LogP contribution is 2.31. The predicted octanol–water partition coefficient (Wildman–Crippen LogP) is 3.77. The number of nitrogens with zero attached hydrogens (tertiary/aromatic N) is 1. The van der Waals surface area contributed by atoms with E-state index >= 15 is 0 Å². The van der Waals surface area contributed by atoms with Gasteiger partial charge in [-0.25, -0.2) is 0 Å². The lowest BCUT2D eigenvalue weighted by atomic mass is 10.1. The van der Waals surface area contributed by atoms with Gasteiger partial charge in [-0.1, -0.05) is 34.1 Å². The summed E-state index contributed by atoms with van der Waals surface area (Å²) in [6.07, 6.45) is 0. The summed E-state index contributed by atoms with van der Waals surface area (Å²) in [5.41, 5.74) is 1.20. The summed E-state index contributed by atoms with van der Waals surface area (Å²) < 4.78 is 0.808. The Morgan fingerprint density at radius 2 is 1.81 bits per heavy atom. The maximum atomic E-state index is 12.1. The molecule has 0 unspecified atom stereocenters. The van der Waals surface area contributed by atoms with Gasteiger partial charge in [-0.05, 0) is 30.3 Å². The quantitative estimate of drug-likeness (QED) is 0.614. The fourth-order valence-corrected chi connectivity index (χ4v) is 3.49. The Hall–Kier alpha value is -1.59. The first-order valence-electron chi connectivity index (χ1n) is 6.50. The molecule has 0 spiro atoms. The van der Waals surface area contributed by atoms with Gasteiger partial charge in [0, 0.05) is 21.7 Å². The SMILES string of the molecule is O=C1C(=O)N(CCSc2ccccc2)c2ccc(Br)cc21. The second-order valence-corrected chi connectivity index (χ2v) is 6.69. The molecule has 0 N–H and O–H groups in total. The average molecular weight is 362 g/mol. The first-order chi connectivity index (χ1) is 10.2. The van der Waals surface area contributed by atoms with Gasteiger partial charge in [0.25, 0.3) is 11.7 Å². The van der Waals surface area contributed by atoms with Crippen LogP contribution in [0.1, 0.15) is 10.4 Å². The van der Waals surface area contributed by atoms with E-state index in [1.54, 1.807) is 22.7 Å². The molecule has 2 aromatic carbocycles. The van der Waals surface area contributed by atoms with Gasteiger partial charge in [-0.15, -0.1) is 11.8 Å². The van der Waals surface area contributed by atoms with Gasteiger partial charge in [0.15, 0.2) is 0 Å². The van der Waals surface area contributed by atoms with Crippen LogP contribution in [0.3, 0.4) is 0 Å². The first-order valence-corrected chi connectivity index (χ1v) is 8.28. The number of hydrogen-bond acceptors (Lipinski definition) is 3. The lowest BCUT2D eigenvalue weighted by Gasteiger charge is -2.16. The van der Waals surface area contributed by atoms with Crippen molar-refractivity contribution in [2.45, 2.75) is 4.90 Å². The van der Waals surface area contributed by atoms with E-state index in [-0.39, 0.29) is 0 Å². The van der Waals surface area contributed by atoms with Crippen LogP contribution >= 0.6 is 27.7 Å². The van der Waals surface area contributed by atoms with E-state index in [2.05, 4.69) is 15.9 Å². The third-order valence-corrected chi connectivity index (χ3v) is 4.75. The number of halogens is 1. The molecule has 0 aromatic heterocycles. The van der Waals surface area contributed by atoms with Crippen LogP contribution in [-0.4, -0.2) is 24.0 Å². The second-order valence-electron chi connectivity index (χ2n) is 4.61. The van der Waals surface area contributed by atoms with Crippen LogP contribution < -0.4 is 4.90 Å². The molecule has 1 amide bonds. The molecular formula is C16H12BrNO2S. The van der Waals surface area contributed by atoms with Gasteiger partial charge in [-0.3, -0.25) is 9.59 Å². The number of rotatable bonds is 4. The number of Topliss-reactive ketones (excluding diaryl/α,β-unsaturated/α-hetero) is 1. The van der Waals surface area contributed by atoms with E-state index < -0.39 is 11.7 Å². The molecule has 0 aliphatic carbocycles. The number of benzene rings is 2. The molecule has 3 rings (SSSR count). The zero-order valence-corrected chi connectivity index (χ0v) is 13.5. The van der Waals surface area contributed by atoms with Gasteiger partial charge in [0.2, 0.25) is 0 Å². The number of thioether (sulfide) groups is 1. The highest BCUT2D eigenvalue weighted by molar-refractivity contribution is 9.10. The summed E-state index contributed by atoms with van der Waals surface area (Å²) in [7, 11) is 0. The van der Waals surface area contributed by atoms with E-state index in [4.69, 9.17) is 0 Å². The van der Waals surface area contributed by atoms with Crippen molar-refractivity contribution in [1.82, 2.24) is 0 Å². The van der Waals surface area contributed by atoms with Crippen LogP contribution in [0.2, 0.25) is 0 Å². The number of carbonyl (C=O) groups is 2. The van der Waals surface area contributed by atoms with Crippen molar-refractivity contribution in [1.29, 1.82) is 0 Å². The number of anilines is 1. The Bertz CT molecular complexity index is 703. The summed E-state index contributed by atoms with van der Waals surface area (Å²) in [5.74, 6) is -0.105. The van der Waals surface area contributed by atoms with Crippen molar-refractivity contribution in [2.75, 3.05) is 17.2 Å². The molecule has 106 valence electrons. The van der Waals surface area contributed by atoms with Gasteiger partial charge < -0.3 is 4.90 Å². The van der Waals surface area contributed by atoms with Gasteiger partial charge >= 0.3 is 0 Å². The van der Waals surface area contributed by atoms with E-state index in [0.717, 1.165) is 15.1 Å². The highest BCUT2D eigenvalue weighted by Gasteiger charge is 2.35. The van der Waals surface area contributed by atoms with Crippen LogP contribution in [0.15, 0.2) is 57.9 Å². The van der Waals surface area contributed by atoms with Gasteiger partial charge in [0.05, 0.1) is 11.3 Å². The minimum Gasteiger partial charge on any atom is -0.304 e. The van der Waals surface area contributed by atoms with Crippen molar-refractivity contribution < 1.29 is 9.59 Å². The molecule has 1 aliphatic rings. The first kappa shape index (κ1) is 14.4. The summed E-state index contributed by atoms with van der Waals surface area (Å²) in [6.45, 7) is 0.527. The van der Waals surface area contributed by atoms with Crippen LogP contribution in [0.5, 0.6) is 0 Å². The van der Waals surface area contributed by atoms with E-state index in [9.17, 15) is 9.59 Å². The van der Waals surface area contributed by atoms with Gasteiger partial charge in [-0.2, -0.15) is 0 Å². The van der Waals surface area contributed by atoms with E-state index in [1.807, 2.05) is 42.5 Å². The standard InChI is InChI=1S/C16H12BrNO2S/c17-11-6-7-14-13(10-11)15(19)16(20)18(14)8-9-21-12-4-2-1-3-5-12/h1-7,10H,8-9H2. The van der Waals surface area contributed by atoms with Crippen molar-refractivity contribution in [3.8, 4) is 0 Å². The smallest absolute Gasteiger partial charge is 0.299 e. The Labute approximate surface area is 135 Å². The molecule has 1 heterocycles. The van der Waals surface area contributed by atoms with Crippen molar-refractivity contribution in [2.24, 2.45) is 0 Å². The number of ketones is 1. The third-order valence-electron chi connectivity index (χ3n) is 3.26. The fourth-order valence-electron chi connectivity index (χ4n) is 2.27. The van der Waals surface area contributed by atoms with E-state index in [0.29, 0.717) is 17.8 Å². The Morgan fingerprint density at radius 1 is 1.05 bits per heavy atom. The van der Waals surface area contributed by atoms with Crippen LogP contribution in [0, 0.1) is 0 Å². The lowest BCUT2D eigenvalue weighted by Crippen LogP contribution is -2.31. The molecule has 0 atom stereocenters. The summed E-state index contributed by atoms with van der Waals surface area (Å²) >= 11 is 5.00. The van der Waals surface area contributed by atoms with Crippen LogP contribution in [-0.2, 0) is 4.79 Å². The Morgan fingerprint density at radius 3 is 2.57 bits per heavy atom. The minimum absolute atomic E-state index is 0.420. The molecular weight excluding hydrogens is 350 g/mol. The normalized spacial score (nSPS) is 13.7. The number of amides is 1. The molecule has 3 nitrogen and oxygen atoms in total. The van der Waals surface area contributed by atoms with Crippen molar-refractivity contribution in [3.63, 3.8) is 0 Å². The minimum atomic E-state index is -0.434. The maximum Gasteiger partial charge on any atom is 0.299 e. The lowest BCUT2D eigenvalue weighted by molar-refractivity contribution is -0.114. The Kier molecular flexibility index (Phi) is 4.12. The monoisotopic (exact) mass is 361 g/mol. The number of fused-ring (bicyclic) bond motifs is 1. The maximum absolute atomic E-state index is 12.1. The highest BCUT2D eigenvalue weighted by atomic mass is 79.9. The van der Waals surface area contributed by atoms with Gasteiger partial charge in [0.1, 0.15) is 0 Å². The fraction of sp³-hybridized carbons (Fsp3) is 0.125. The predicted molar refractivity (Wildman–Crippen MR) is 88.0 cm³/mol. The molecule has 0 bridgehead atoms. The number of carbonyl (C=O) groups excluding carboxylic acids is 2. The van der Waals surface area contributed by atoms with Crippen LogP contribution in [0.25, 0.3) is 0 Å². The average Bonchev–Trinajstić information content (AvgIpc) is 2.73. The summed E-state index contributed by atoms with van der Waals surface area (Å²) in [5, 5.41) is 0. The molecule has 1 aliphatic heterocycles. The summed E-state index contributed by atoms with van der Waals surface area (Å²) in [4.78, 5) is 26.8. The molecule has 0 saturated heterocycles. The molecule has 0 radical (unpaired) electrons. The molecule has 2 aromatic rings. The van der Waals surface area contributed by atoms with Crippen molar-refractivity contribution in [3.05, 3.63) is 58.6 Å². The third kappa shape index (κ3) is 2.89. The topological polar surface area (TPSA) is 37.4 Å². The second kappa shape index (κ2) is 6.03. The zero-order valence-electron chi connectivity index (χ0n) is 11.1. The molecule has 21 heavy (non-hydrogen) atoms. The molecule has 0 fully saturated rings. The van der Waals surface area contributed by atoms with Crippen LogP contribution in [0.4, 0.5) is 5.69 Å². The zero-order chi connectivity index (χ0) is 14.8.